The van der Waals surface area contributed by atoms with Gasteiger partial charge < -0.3 is 15.2 Å². The van der Waals surface area contributed by atoms with Crippen LogP contribution >= 0.6 is 0 Å². The van der Waals surface area contributed by atoms with E-state index in [0.717, 1.165) is 17.0 Å². The second kappa shape index (κ2) is 6.15. The van der Waals surface area contributed by atoms with E-state index in [-0.39, 0.29) is 0 Å². The van der Waals surface area contributed by atoms with E-state index in [4.69, 9.17) is 15.2 Å². The maximum atomic E-state index is 5.78. The van der Waals surface area contributed by atoms with Crippen LogP contribution in [-0.4, -0.2) is 24.2 Å². The van der Waals surface area contributed by atoms with Crippen molar-refractivity contribution in [2.75, 3.05) is 20.0 Å². The Kier molecular flexibility index (Phi) is 4.30. The SMILES string of the molecule is COCc1cc(N)nc(Cc2ccccc2OC)n1. The molecule has 0 atom stereocenters. The fourth-order valence-electron chi connectivity index (χ4n) is 1.90. The van der Waals surface area contributed by atoms with Crippen molar-refractivity contribution in [3.63, 3.8) is 0 Å². The van der Waals surface area contributed by atoms with Crippen LogP contribution in [0.15, 0.2) is 30.3 Å². The van der Waals surface area contributed by atoms with Gasteiger partial charge >= 0.3 is 0 Å². The molecule has 0 unspecified atom stereocenters. The van der Waals surface area contributed by atoms with Gasteiger partial charge in [0.1, 0.15) is 17.4 Å². The van der Waals surface area contributed by atoms with Crippen LogP contribution in [0.1, 0.15) is 17.1 Å². The van der Waals surface area contributed by atoms with Crippen LogP contribution in [0, 0.1) is 0 Å². The van der Waals surface area contributed by atoms with Crippen LogP contribution in [0.2, 0.25) is 0 Å². The van der Waals surface area contributed by atoms with E-state index in [1.165, 1.54) is 0 Å². The first-order valence-corrected chi connectivity index (χ1v) is 5.96. The summed E-state index contributed by atoms with van der Waals surface area (Å²) < 4.78 is 10.4. The first kappa shape index (κ1) is 13.3. The Morgan fingerprint density at radius 1 is 1.16 bits per heavy atom. The third-order valence-electron chi connectivity index (χ3n) is 2.68. The molecule has 0 aliphatic carbocycles. The number of nitrogen functional groups attached to an aromatic ring is 1. The third-order valence-corrected chi connectivity index (χ3v) is 2.68. The highest BCUT2D eigenvalue weighted by Gasteiger charge is 2.07. The second-order valence-corrected chi connectivity index (χ2v) is 4.12. The first-order chi connectivity index (χ1) is 9.22. The van der Waals surface area contributed by atoms with Gasteiger partial charge in [0.05, 0.1) is 19.4 Å². The molecule has 0 saturated heterocycles. The lowest BCUT2D eigenvalue weighted by Crippen LogP contribution is -2.05. The Balaban J connectivity index is 2.27. The molecule has 5 nitrogen and oxygen atoms in total. The van der Waals surface area contributed by atoms with Crippen molar-refractivity contribution in [2.45, 2.75) is 13.0 Å². The molecule has 0 bridgehead atoms. The van der Waals surface area contributed by atoms with E-state index >= 15 is 0 Å². The maximum absolute atomic E-state index is 5.78. The number of hydrogen-bond donors (Lipinski definition) is 1. The highest BCUT2D eigenvalue weighted by Crippen LogP contribution is 2.20. The molecule has 0 aliphatic heterocycles. The highest BCUT2D eigenvalue weighted by atomic mass is 16.5. The molecule has 100 valence electrons. The van der Waals surface area contributed by atoms with E-state index in [0.29, 0.717) is 24.7 Å². The Bertz CT molecular complexity index is 558. The number of anilines is 1. The molecule has 1 heterocycles. The van der Waals surface area contributed by atoms with Crippen molar-refractivity contribution in [1.29, 1.82) is 0 Å². The van der Waals surface area contributed by atoms with Crippen molar-refractivity contribution >= 4 is 5.82 Å². The summed E-state index contributed by atoms with van der Waals surface area (Å²) in [5, 5.41) is 0. The molecule has 0 saturated carbocycles. The third kappa shape index (κ3) is 3.42. The molecule has 0 amide bonds. The molecule has 1 aromatic heterocycles. The van der Waals surface area contributed by atoms with Crippen LogP contribution in [0.3, 0.4) is 0 Å². The van der Waals surface area contributed by atoms with Crippen molar-refractivity contribution in [3.05, 3.63) is 47.4 Å². The number of rotatable bonds is 5. The lowest BCUT2D eigenvalue weighted by Gasteiger charge is -2.08. The summed E-state index contributed by atoms with van der Waals surface area (Å²) in [6, 6.07) is 9.51. The zero-order valence-electron chi connectivity index (χ0n) is 11.1. The van der Waals surface area contributed by atoms with Gasteiger partial charge in [0.2, 0.25) is 0 Å². The number of aromatic nitrogens is 2. The van der Waals surface area contributed by atoms with Gasteiger partial charge in [-0.05, 0) is 6.07 Å². The molecule has 2 N–H and O–H groups in total. The van der Waals surface area contributed by atoms with Crippen molar-refractivity contribution in [2.24, 2.45) is 0 Å². The van der Waals surface area contributed by atoms with Crippen LogP contribution in [0.4, 0.5) is 5.82 Å². The summed E-state index contributed by atoms with van der Waals surface area (Å²) in [6.07, 6.45) is 0.575. The average Bonchev–Trinajstić information content (AvgIpc) is 2.39. The molecule has 0 spiro atoms. The van der Waals surface area contributed by atoms with Crippen molar-refractivity contribution < 1.29 is 9.47 Å². The molecule has 19 heavy (non-hydrogen) atoms. The second-order valence-electron chi connectivity index (χ2n) is 4.12. The van der Waals surface area contributed by atoms with Gasteiger partial charge in [0.25, 0.3) is 0 Å². The Labute approximate surface area is 112 Å². The van der Waals surface area contributed by atoms with Gasteiger partial charge in [-0.25, -0.2) is 9.97 Å². The smallest absolute Gasteiger partial charge is 0.135 e. The van der Waals surface area contributed by atoms with Crippen LogP contribution in [-0.2, 0) is 17.8 Å². The standard InChI is InChI=1S/C14H17N3O2/c1-18-9-11-8-13(15)17-14(16-11)7-10-5-3-4-6-12(10)19-2/h3-6,8H,7,9H2,1-2H3,(H2,15,16,17). The van der Waals surface area contributed by atoms with E-state index < -0.39 is 0 Å². The minimum absolute atomic E-state index is 0.422. The quantitative estimate of drug-likeness (QED) is 0.886. The zero-order chi connectivity index (χ0) is 13.7. The summed E-state index contributed by atoms with van der Waals surface area (Å²) in [5.41, 5.74) is 7.58. The molecule has 1 aromatic carbocycles. The monoisotopic (exact) mass is 259 g/mol. The zero-order valence-corrected chi connectivity index (χ0v) is 11.1. The molecular weight excluding hydrogens is 242 g/mol. The Morgan fingerprint density at radius 3 is 2.68 bits per heavy atom. The normalized spacial score (nSPS) is 10.4. The van der Waals surface area contributed by atoms with Gasteiger partial charge in [-0.3, -0.25) is 0 Å². The number of methoxy groups -OCH3 is 2. The maximum Gasteiger partial charge on any atom is 0.135 e. The van der Waals surface area contributed by atoms with Crippen LogP contribution in [0.5, 0.6) is 5.75 Å². The van der Waals surface area contributed by atoms with E-state index in [2.05, 4.69) is 9.97 Å². The summed E-state index contributed by atoms with van der Waals surface area (Å²) in [6.45, 7) is 0.422. The largest absolute Gasteiger partial charge is 0.496 e. The fraction of sp³-hybridized carbons (Fsp3) is 0.286. The summed E-state index contributed by atoms with van der Waals surface area (Å²) >= 11 is 0. The fourth-order valence-corrected chi connectivity index (χ4v) is 1.90. The van der Waals surface area contributed by atoms with Gasteiger partial charge in [-0.15, -0.1) is 0 Å². The molecule has 0 fully saturated rings. The number of hydrogen-bond acceptors (Lipinski definition) is 5. The summed E-state index contributed by atoms with van der Waals surface area (Å²) in [7, 11) is 3.27. The predicted octanol–water partition coefficient (Wildman–Crippen LogP) is 1.80. The number of nitrogens with two attached hydrogens (primary N) is 1. The summed E-state index contributed by atoms with van der Waals surface area (Å²) in [4.78, 5) is 8.66. The predicted molar refractivity (Wildman–Crippen MR) is 73.0 cm³/mol. The number of nitrogens with zero attached hydrogens (tertiary/aromatic N) is 2. The Morgan fingerprint density at radius 2 is 1.95 bits per heavy atom. The molecule has 2 aromatic rings. The van der Waals surface area contributed by atoms with Gasteiger partial charge in [0.15, 0.2) is 0 Å². The van der Waals surface area contributed by atoms with E-state index in [9.17, 15) is 0 Å². The molecule has 2 rings (SSSR count). The lowest BCUT2D eigenvalue weighted by atomic mass is 10.1. The van der Waals surface area contributed by atoms with Crippen LogP contribution < -0.4 is 10.5 Å². The van der Waals surface area contributed by atoms with Crippen LogP contribution in [0.25, 0.3) is 0 Å². The van der Waals surface area contributed by atoms with E-state index in [1.807, 2.05) is 24.3 Å². The van der Waals surface area contributed by atoms with Gasteiger partial charge in [-0.2, -0.15) is 0 Å². The van der Waals surface area contributed by atoms with Crippen molar-refractivity contribution in [1.82, 2.24) is 9.97 Å². The molecule has 0 aliphatic rings. The molecule has 0 radical (unpaired) electrons. The van der Waals surface area contributed by atoms with Gasteiger partial charge in [-0.1, -0.05) is 18.2 Å². The number of benzene rings is 1. The summed E-state index contributed by atoms with van der Waals surface area (Å²) in [5.74, 6) is 1.94. The lowest BCUT2D eigenvalue weighted by molar-refractivity contribution is 0.181. The number of para-hydroxylation sites is 1. The Hall–Kier alpha value is -2.14. The number of ether oxygens (including phenoxy) is 2. The first-order valence-electron chi connectivity index (χ1n) is 5.96. The topological polar surface area (TPSA) is 70.3 Å². The van der Waals surface area contributed by atoms with E-state index in [1.54, 1.807) is 20.3 Å². The molecular formula is C14H17N3O2. The average molecular weight is 259 g/mol. The molecule has 5 heteroatoms. The minimum atomic E-state index is 0.422. The minimum Gasteiger partial charge on any atom is -0.496 e. The highest BCUT2D eigenvalue weighted by molar-refractivity contribution is 5.37. The van der Waals surface area contributed by atoms with Crippen molar-refractivity contribution in [3.8, 4) is 5.75 Å². The van der Waals surface area contributed by atoms with Gasteiger partial charge in [0, 0.05) is 25.2 Å².